The van der Waals surface area contributed by atoms with Crippen LogP contribution >= 0.6 is 0 Å². The van der Waals surface area contributed by atoms with Gasteiger partial charge in [0.05, 0.1) is 0 Å². The Kier molecular flexibility index (Phi) is 9.02. The zero-order chi connectivity index (χ0) is 26.7. The van der Waals surface area contributed by atoms with Gasteiger partial charge in [0.1, 0.15) is 0 Å². The average molecular weight is 618 g/mol. The fourth-order valence-corrected chi connectivity index (χ4v) is 27.9. The number of rotatable bonds is 11. The second-order valence-corrected chi connectivity index (χ2v) is 23.9. The van der Waals surface area contributed by atoms with E-state index in [2.05, 4.69) is 77.9 Å². The van der Waals surface area contributed by atoms with Crippen LogP contribution in [0.15, 0.2) is 91.0 Å². The molecule has 0 heterocycles. The van der Waals surface area contributed by atoms with Crippen LogP contribution < -0.4 is 14.0 Å². The van der Waals surface area contributed by atoms with E-state index in [4.69, 9.17) is 2.63 Å². The van der Waals surface area contributed by atoms with Gasteiger partial charge in [-0.05, 0) is 0 Å². The van der Waals surface area contributed by atoms with Gasteiger partial charge in [-0.15, -0.1) is 0 Å². The third-order valence-electron chi connectivity index (χ3n) is 7.22. The van der Waals surface area contributed by atoms with Crippen LogP contribution in [0.5, 0.6) is 0 Å². The molecular formula is C30H39ClO4Sn. The maximum atomic E-state index is 12.4. The van der Waals surface area contributed by atoms with Crippen LogP contribution in [-0.2, 0) is 18.9 Å². The fourth-order valence-electron chi connectivity index (χ4n) is 5.86. The van der Waals surface area contributed by atoms with Crippen molar-refractivity contribution in [2.45, 2.75) is 71.1 Å². The first-order valence-electron chi connectivity index (χ1n) is 12.4. The molecule has 0 radical (unpaired) electrons. The summed E-state index contributed by atoms with van der Waals surface area (Å²) in [7, 11) is -4.58. The van der Waals surface area contributed by atoms with E-state index in [1.807, 2.05) is 54.6 Å². The minimum absolute atomic E-state index is 0.364. The summed E-state index contributed by atoms with van der Waals surface area (Å²) in [6.45, 7) is 12.8. The Labute approximate surface area is 223 Å². The molecule has 0 unspecified atom stereocenters. The second kappa shape index (κ2) is 11.1. The van der Waals surface area contributed by atoms with E-state index in [9.17, 15) is 14.0 Å². The van der Waals surface area contributed by atoms with Crippen LogP contribution in [0.4, 0.5) is 0 Å². The van der Waals surface area contributed by atoms with Gasteiger partial charge in [0.15, 0.2) is 0 Å². The molecule has 0 saturated carbocycles. The van der Waals surface area contributed by atoms with Crippen LogP contribution in [0.1, 0.15) is 58.2 Å². The molecule has 194 valence electrons. The van der Waals surface area contributed by atoms with Crippen molar-refractivity contribution in [2.24, 2.45) is 0 Å². The molecule has 36 heavy (non-hydrogen) atoms. The molecule has 6 heteroatoms. The Bertz CT molecular complexity index is 964. The van der Waals surface area contributed by atoms with Crippen LogP contribution in [-0.4, -0.2) is 18.8 Å². The molecule has 0 atom stereocenters. The van der Waals surface area contributed by atoms with Gasteiger partial charge in [-0.3, -0.25) is 0 Å². The van der Waals surface area contributed by atoms with Gasteiger partial charge in [-0.1, -0.05) is 0 Å². The van der Waals surface area contributed by atoms with E-state index in [1.54, 1.807) is 0 Å². The Balaban J connectivity index is 2.15. The number of halogens is 1. The Morgan fingerprint density at radius 3 is 1.00 bits per heavy atom. The predicted molar refractivity (Wildman–Crippen MR) is 140 cm³/mol. The van der Waals surface area contributed by atoms with Crippen molar-refractivity contribution in [1.82, 2.24) is 0 Å². The van der Waals surface area contributed by atoms with Gasteiger partial charge in [-0.2, -0.15) is 0 Å². The van der Waals surface area contributed by atoms with Crippen molar-refractivity contribution < 1.29 is 26.8 Å². The second-order valence-electron chi connectivity index (χ2n) is 11.9. The van der Waals surface area contributed by atoms with E-state index in [1.165, 1.54) is 0 Å². The molecule has 0 bridgehead atoms. The van der Waals surface area contributed by atoms with E-state index < -0.39 is 29.0 Å². The van der Waals surface area contributed by atoms with Crippen molar-refractivity contribution in [3.05, 3.63) is 108 Å². The molecule has 0 aliphatic rings. The summed E-state index contributed by atoms with van der Waals surface area (Å²) in [4.78, 5) is 0. The van der Waals surface area contributed by atoms with Gasteiger partial charge in [0.2, 0.25) is 0 Å². The molecule has 3 aromatic carbocycles. The molecule has 0 amide bonds. The molecule has 3 rings (SSSR count). The Morgan fingerprint density at radius 1 is 0.528 bits per heavy atom. The zero-order valence-electron chi connectivity index (χ0n) is 22.3. The van der Waals surface area contributed by atoms with Crippen LogP contribution in [0.25, 0.3) is 0 Å². The monoisotopic (exact) mass is 618 g/mol. The fraction of sp³-hybridized carbons (Fsp3) is 0.400. The quantitative estimate of drug-likeness (QED) is 0.290. The van der Waals surface area contributed by atoms with Crippen molar-refractivity contribution in [3.63, 3.8) is 0 Å². The number of hydrogen-bond donors (Lipinski definition) is 0. The molecule has 0 fully saturated rings. The maximum absolute atomic E-state index is 12.4. The Hall–Kier alpha value is -1.41. The standard InChI is InChI=1S/3C10H13.ClHO4.Sn/c3*1-10(2,3)9-7-5-4-6-8-9;2-1(3,4)5;/h3*4-8H,1H2,2-3H3;(H,2,3,4,5);/q;;;;+1/p-1. The van der Waals surface area contributed by atoms with E-state index >= 15 is 0 Å². The molecule has 4 nitrogen and oxygen atoms in total. The third-order valence-corrected chi connectivity index (χ3v) is 25.2. The summed E-state index contributed by atoms with van der Waals surface area (Å²) in [6.07, 6.45) is 0. The van der Waals surface area contributed by atoms with Crippen LogP contribution in [0, 0.1) is 10.2 Å². The van der Waals surface area contributed by atoms with E-state index in [0.29, 0.717) is 13.3 Å². The molecule has 0 aliphatic heterocycles. The Morgan fingerprint density at radius 2 is 0.778 bits per heavy atom. The molecule has 0 saturated heterocycles. The molecule has 0 N–H and O–H groups in total. The van der Waals surface area contributed by atoms with E-state index in [-0.39, 0.29) is 16.2 Å². The van der Waals surface area contributed by atoms with Gasteiger partial charge >= 0.3 is 224 Å². The first-order valence-corrected chi connectivity index (χ1v) is 20.9. The number of benzene rings is 3. The summed E-state index contributed by atoms with van der Waals surface area (Å²) in [5.74, 6) is 0. The van der Waals surface area contributed by atoms with Crippen LogP contribution in [0.2, 0.25) is 13.3 Å². The van der Waals surface area contributed by atoms with Crippen molar-refractivity contribution in [3.8, 4) is 0 Å². The number of hydrogen-bond acceptors (Lipinski definition) is 4. The zero-order valence-corrected chi connectivity index (χ0v) is 25.9. The van der Waals surface area contributed by atoms with Gasteiger partial charge < -0.3 is 0 Å². The van der Waals surface area contributed by atoms with Crippen molar-refractivity contribution in [1.29, 1.82) is 0 Å². The molecule has 0 spiro atoms. The predicted octanol–water partition coefficient (Wildman–Crippen LogP) is 4.78. The van der Waals surface area contributed by atoms with Gasteiger partial charge in [-0.25, -0.2) is 0 Å². The molecular weight excluding hydrogens is 578 g/mol. The summed E-state index contributed by atoms with van der Waals surface area (Å²) >= 11 is -4.34. The normalized spacial score (nSPS) is 13.6. The summed E-state index contributed by atoms with van der Waals surface area (Å²) in [6, 6.07) is 30.4. The van der Waals surface area contributed by atoms with Gasteiger partial charge in [0, 0.05) is 0 Å². The van der Waals surface area contributed by atoms with Crippen molar-refractivity contribution >= 4 is 18.8 Å². The first-order chi connectivity index (χ1) is 16.6. The summed E-state index contributed by atoms with van der Waals surface area (Å²) < 4.78 is 44.7. The first kappa shape index (κ1) is 29.1. The summed E-state index contributed by atoms with van der Waals surface area (Å²) in [5.41, 5.74) is 2.25. The average Bonchev–Trinajstić information content (AvgIpc) is 2.78. The minimum atomic E-state index is -4.58. The van der Waals surface area contributed by atoms with Crippen molar-refractivity contribution in [2.75, 3.05) is 0 Å². The topological polar surface area (TPSA) is 78.4 Å². The molecule has 0 aliphatic carbocycles. The third kappa shape index (κ3) is 7.80. The molecule has 3 aromatic rings. The van der Waals surface area contributed by atoms with Crippen LogP contribution in [0.3, 0.4) is 0 Å². The SMILES string of the molecule is CC(C)([CH2][Sn]([CH2]C(C)(C)c1ccccc1)([CH2]C(C)(C)c1ccccc1)[O][Cl+3]([O-])([O-])[O-])c1ccccc1. The van der Waals surface area contributed by atoms with E-state index in [0.717, 1.165) is 16.7 Å². The molecule has 0 aromatic heterocycles. The van der Waals surface area contributed by atoms with Gasteiger partial charge in [0.25, 0.3) is 0 Å². The summed E-state index contributed by atoms with van der Waals surface area (Å²) in [5, 5.41) is 0.